The molecular formula is C38H41FN4O7S. The number of fused-ring (bicyclic) bond motifs is 3. The highest BCUT2D eigenvalue weighted by atomic mass is 32.2. The molecular weight excluding hydrogens is 676 g/mol. The molecule has 3 heterocycles. The highest BCUT2D eigenvalue weighted by Crippen LogP contribution is 2.41. The van der Waals surface area contributed by atoms with Gasteiger partial charge in [-0.15, -0.1) is 0 Å². The summed E-state index contributed by atoms with van der Waals surface area (Å²) >= 11 is 0. The van der Waals surface area contributed by atoms with Crippen molar-refractivity contribution < 1.29 is 36.3 Å². The topological polar surface area (TPSA) is 162 Å². The quantitative estimate of drug-likeness (QED) is 0.116. The molecule has 2 aromatic heterocycles. The van der Waals surface area contributed by atoms with Gasteiger partial charge in [0.1, 0.15) is 29.1 Å². The number of nitrogens with two attached hydrogens (primary N) is 1. The monoisotopic (exact) mass is 716 g/mol. The average Bonchev–Trinajstić information content (AvgIpc) is 4.03. The Bertz CT molecular complexity index is 2100. The van der Waals surface area contributed by atoms with E-state index in [9.17, 15) is 27.2 Å². The molecule has 11 nitrogen and oxygen atoms in total. The van der Waals surface area contributed by atoms with Crippen LogP contribution in [0, 0.1) is 17.7 Å². The Balaban J connectivity index is 0.909. The number of nitrogens with zero attached hydrogens (tertiary/aromatic N) is 2. The van der Waals surface area contributed by atoms with E-state index in [1.807, 2.05) is 42.5 Å². The number of sulfonamides is 1. The van der Waals surface area contributed by atoms with E-state index >= 15 is 0 Å². The van der Waals surface area contributed by atoms with E-state index in [0.29, 0.717) is 59.2 Å². The molecule has 0 bridgehead atoms. The van der Waals surface area contributed by atoms with Crippen molar-refractivity contribution in [1.29, 1.82) is 0 Å². The van der Waals surface area contributed by atoms with Gasteiger partial charge in [0.15, 0.2) is 11.3 Å². The third-order valence-corrected chi connectivity index (χ3v) is 11.7. The van der Waals surface area contributed by atoms with Crippen LogP contribution < -0.4 is 15.2 Å². The number of likely N-dealkylation sites (tertiary alicyclic amines) is 1. The molecule has 13 heteroatoms. The van der Waals surface area contributed by atoms with Gasteiger partial charge in [-0.1, -0.05) is 55.3 Å². The fourth-order valence-corrected chi connectivity index (χ4v) is 8.20. The number of carbonyl (C=O) groups excluding carboxylic acids is 3. The van der Waals surface area contributed by atoms with Crippen molar-refractivity contribution in [3.05, 3.63) is 72.6 Å². The largest absolute Gasteiger partial charge is 0.484 e. The molecule has 3 aliphatic rings. The third-order valence-electron chi connectivity index (χ3n) is 9.90. The van der Waals surface area contributed by atoms with Gasteiger partial charge in [0, 0.05) is 35.8 Å². The summed E-state index contributed by atoms with van der Waals surface area (Å²) in [6, 6.07) is 14.7. The number of primary amides is 1. The number of rotatable bonds is 15. The lowest BCUT2D eigenvalue weighted by Crippen LogP contribution is -2.43. The Hall–Kier alpha value is -4.78. The number of hydrogen-bond acceptors (Lipinski definition) is 8. The minimum atomic E-state index is -3.51. The highest BCUT2D eigenvalue weighted by Gasteiger charge is 2.45. The SMILES string of the molecule is NC(=O)[C@@H]1C[C@@H](Oc2cc(-c3ccccc3)nc3c2oc2ccc(F)cc23)CN1C(=O)CCCCCC/C=C\[C@@H]1C[C@@H]1C(=O)NS(=O)(=O)C1CC1. The first-order valence-corrected chi connectivity index (χ1v) is 19.2. The number of unbranched alkanes of at least 4 members (excludes halogenated alkanes) is 4. The molecule has 1 saturated heterocycles. The van der Waals surface area contributed by atoms with Crippen LogP contribution in [-0.2, 0) is 24.4 Å². The van der Waals surface area contributed by atoms with Crippen molar-refractivity contribution >= 4 is 49.8 Å². The van der Waals surface area contributed by atoms with Crippen LogP contribution in [0.1, 0.15) is 64.2 Å². The standard InChI is InChI=1S/C38H41FN4O7S/c39-25-14-17-32-29(19-25)35-36(50-32)33(21-30(41-35)23-10-7-5-8-11-23)49-26-20-31(37(40)45)43(22-26)34(44)13-9-4-2-1-3-6-12-24-18-28(24)38(46)42-51(47,48)27-15-16-27/h5-8,10-12,14,17,19,21,24,26-28,31H,1-4,9,13,15-16,18,20,22H2,(H2,40,45)(H,42,46)/b12-6-/t24-,26-,28+,31+/m1/s1. The number of pyridine rings is 1. The molecule has 4 aromatic rings. The van der Waals surface area contributed by atoms with E-state index in [4.69, 9.17) is 19.9 Å². The molecule has 3 fully saturated rings. The lowest BCUT2D eigenvalue weighted by molar-refractivity contribution is -0.137. The lowest BCUT2D eigenvalue weighted by Gasteiger charge is -2.22. The van der Waals surface area contributed by atoms with Crippen molar-refractivity contribution in [1.82, 2.24) is 14.6 Å². The summed E-state index contributed by atoms with van der Waals surface area (Å²) in [6.07, 6.45) is 10.1. The number of amides is 3. The van der Waals surface area contributed by atoms with E-state index in [2.05, 4.69) is 4.72 Å². The molecule has 268 valence electrons. The zero-order chi connectivity index (χ0) is 35.7. The molecule has 0 unspecified atom stereocenters. The number of halogens is 1. The number of allylic oxidation sites excluding steroid dienone is 2. The highest BCUT2D eigenvalue weighted by molar-refractivity contribution is 7.90. The molecule has 4 atom stereocenters. The first kappa shape index (κ1) is 34.7. The van der Waals surface area contributed by atoms with Crippen molar-refractivity contribution in [2.45, 2.75) is 81.6 Å². The van der Waals surface area contributed by atoms with Gasteiger partial charge in [0.25, 0.3) is 0 Å². The van der Waals surface area contributed by atoms with Gasteiger partial charge in [-0.05, 0) is 62.6 Å². The van der Waals surface area contributed by atoms with Crippen molar-refractivity contribution in [3.8, 4) is 17.0 Å². The van der Waals surface area contributed by atoms with Crippen LogP contribution in [0.2, 0.25) is 0 Å². The number of nitrogens with one attached hydrogen (secondary N) is 1. The fourth-order valence-electron chi connectivity index (χ4n) is 6.84. The van der Waals surface area contributed by atoms with Gasteiger partial charge in [0.2, 0.25) is 27.7 Å². The van der Waals surface area contributed by atoms with E-state index in [1.54, 1.807) is 12.1 Å². The molecule has 0 spiro atoms. The van der Waals surface area contributed by atoms with E-state index in [-0.39, 0.29) is 37.1 Å². The zero-order valence-electron chi connectivity index (χ0n) is 28.1. The molecule has 3 N–H and O–H groups in total. The lowest BCUT2D eigenvalue weighted by atomic mass is 10.1. The smallest absolute Gasteiger partial charge is 0.240 e. The summed E-state index contributed by atoms with van der Waals surface area (Å²) in [4.78, 5) is 44.3. The van der Waals surface area contributed by atoms with Crippen LogP contribution in [0.5, 0.6) is 5.75 Å². The maximum atomic E-state index is 14.2. The number of furan rings is 1. The fraction of sp³-hybridized carbons (Fsp3) is 0.421. The molecule has 51 heavy (non-hydrogen) atoms. The Morgan fingerprint density at radius 1 is 1.04 bits per heavy atom. The second-order valence-electron chi connectivity index (χ2n) is 13.8. The van der Waals surface area contributed by atoms with E-state index in [1.165, 1.54) is 17.0 Å². The van der Waals surface area contributed by atoms with Crippen LogP contribution in [0.15, 0.2) is 71.2 Å². The minimum Gasteiger partial charge on any atom is -0.484 e. The van der Waals surface area contributed by atoms with Gasteiger partial charge >= 0.3 is 0 Å². The first-order valence-electron chi connectivity index (χ1n) is 17.6. The summed E-state index contributed by atoms with van der Waals surface area (Å²) in [6.45, 7) is 0.184. The summed E-state index contributed by atoms with van der Waals surface area (Å²) < 4.78 is 52.9. The van der Waals surface area contributed by atoms with Gasteiger partial charge in [-0.25, -0.2) is 17.8 Å². The Labute approximate surface area is 295 Å². The van der Waals surface area contributed by atoms with Crippen LogP contribution in [0.3, 0.4) is 0 Å². The maximum absolute atomic E-state index is 14.2. The zero-order valence-corrected chi connectivity index (χ0v) is 28.9. The van der Waals surface area contributed by atoms with Crippen LogP contribution >= 0.6 is 0 Å². The summed E-state index contributed by atoms with van der Waals surface area (Å²) in [5.41, 5.74) is 8.46. The number of benzene rings is 2. The van der Waals surface area contributed by atoms with E-state index in [0.717, 1.165) is 31.2 Å². The first-order chi connectivity index (χ1) is 24.6. The second kappa shape index (κ2) is 14.5. The summed E-state index contributed by atoms with van der Waals surface area (Å²) in [5.74, 6) is -1.36. The number of aromatic nitrogens is 1. The number of hydrogen-bond donors (Lipinski definition) is 2. The van der Waals surface area contributed by atoms with Gasteiger partial charge in [-0.3, -0.25) is 19.1 Å². The Morgan fingerprint density at radius 3 is 2.59 bits per heavy atom. The van der Waals surface area contributed by atoms with Gasteiger partial charge < -0.3 is 19.8 Å². The van der Waals surface area contributed by atoms with Crippen molar-refractivity contribution in [2.75, 3.05) is 6.54 Å². The Morgan fingerprint density at radius 2 is 1.82 bits per heavy atom. The van der Waals surface area contributed by atoms with Crippen LogP contribution in [-0.4, -0.2) is 60.0 Å². The molecule has 3 amide bonds. The maximum Gasteiger partial charge on any atom is 0.240 e. The molecule has 7 rings (SSSR count). The minimum absolute atomic E-state index is 0.0854. The number of ether oxygens (including phenoxy) is 1. The molecule has 2 aromatic carbocycles. The average molecular weight is 717 g/mol. The van der Waals surface area contributed by atoms with Crippen LogP contribution in [0.4, 0.5) is 4.39 Å². The third kappa shape index (κ3) is 7.93. The van der Waals surface area contributed by atoms with Crippen LogP contribution in [0.25, 0.3) is 33.3 Å². The molecule has 1 aliphatic heterocycles. The van der Waals surface area contributed by atoms with Crippen molar-refractivity contribution in [3.63, 3.8) is 0 Å². The predicted molar refractivity (Wildman–Crippen MR) is 189 cm³/mol. The molecule has 0 radical (unpaired) electrons. The van der Waals surface area contributed by atoms with Crippen molar-refractivity contribution in [2.24, 2.45) is 17.6 Å². The molecule has 2 saturated carbocycles. The second-order valence-corrected chi connectivity index (χ2v) is 15.8. The summed E-state index contributed by atoms with van der Waals surface area (Å²) in [7, 11) is -3.51. The number of carbonyl (C=O) groups is 3. The summed E-state index contributed by atoms with van der Waals surface area (Å²) in [5, 5.41) is 0.106. The van der Waals surface area contributed by atoms with Gasteiger partial charge in [0.05, 0.1) is 17.5 Å². The predicted octanol–water partition coefficient (Wildman–Crippen LogP) is 5.76. The molecule has 2 aliphatic carbocycles. The Kier molecular flexibility index (Phi) is 9.82. The van der Waals surface area contributed by atoms with Gasteiger partial charge in [-0.2, -0.15) is 0 Å². The normalized spacial score (nSPS) is 21.8. The van der Waals surface area contributed by atoms with E-state index < -0.39 is 45.1 Å².